The number of carbonyl (C=O) groups is 1. The summed E-state index contributed by atoms with van der Waals surface area (Å²) in [5, 5.41) is 14.7. The average Bonchev–Trinajstić information content (AvgIpc) is 2.68. The van der Waals surface area contributed by atoms with Gasteiger partial charge in [0.15, 0.2) is 0 Å². The van der Waals surface area contributed by atoms with Gasteiger partial charge in [-0.2, -0.15) is 5.10 Å². The van der Waals surface area contributed by atoms with Crippen LogP contribution in [0.5, 0.6) is 5.75 Å². The SMILES string of the molecule is CCCCn1c(=O)c(C(=O)N/N=C/c2cccc(F)c2)c(O)c2ccccc21. The monoisotopic (exact) mass is 381 g/mol. The molecule has 0 radical (unpaired) electrons. The molecule has 0 fully saturated rings. The van der Waals surface area contributed by atoms with E-state index in [1.807, 2.05) is 6.92 Å². The van der Waals surface area contributed by atoms with Crippen molar-refractivity contribution >= 4 is 23.0 Å². The number of amides is 1. The molecule has 144 valence electrons. The second-order valence-corrected chi connectivity index (χ2v) is 6.31. The Labute approximate surface area is 160 Å². The number of hydrogen-bond acceptors (Lipinski definition) is 4. The number of para-hydroxylation sites is 1. The normalized spacial score (nSPS) is 11.2. The molecule has 0 aliphatic rings. The minimum atomic E-state index is -0.828. The van der Waals surface area contributed by atoms with Crippen LogP contribution in [0, 0.1) is 5.82 Å². The predicted molar refractivity (Wildman–Crippen MR) is 106 cm³/mol. The zero-order valence-corrected chi connectivity index (χ0v) is 15.4. The Morgan fingerprint density at radius 3 is 2.79 bits per heavy atom. The van der Waals surface area contributed by atoms with E-state index in [1.165, 1.54) is 29.0 Å². The molecular formula is C21H20FN3O3. The highest BCUT2D eigenvalue weighted by atomic mass is 19.1. The maximum absolute atomic E-state index is 13.2. The molecule has 0 unspecified atom stereocenters. The summed E-state index contributed by atoms with van der Waals surface area (Å²) in [6, 6.07) is 12.6. The van der Waals surface area contributed by atoms with Crippen LogP contribution in [0.2, 0.25) is 0 Å². The predicted octanol–water partition coefficient (Wildman–Crippen LogP) is 3.41. The molecule has 0 saturated heterocycles. The highest BCUT2D eigenvalue weighted by Crippen LogP contribution is 2.26. The van der Waals surface area contributed by atoms with Crippen molar-refractivity contribution in [2.45, 2.75) is 26.3 Å². The Morgan fingerprint density at radius 2 is 2.04 bits per heavy atom. The van der Waals surface area contributed by atoms with Crippen LogP contribution in [0.25, 0.3) is 10.9 Å². The highest BCUT2D eigenvalue weighted by Gasteiger charge is 2.21. The van der Waals surface area contributed by atoms with Crippen molar-refractivity contribution in [1.82, 2.24) is 9.99 Å². The van der Waals surface area contributed by atoms with E-state index in [4.69, 9.17) is 0 Å². The average molecular weight is 381 g/mol. The molecule has 0 spiro atoms. The third kappa shape index (κ3) is 3.93. The topological polar surface area (TPSA) is 83.7 Å². The summed E-state index contributed by atoms with van der Waals surface area (Å²) in [4.78, 5) is 25.4. The van der Waals surface area contributed by atoms with Gasteiger partial charge in [0, 0.05) is 11.9 Å². The van der Waals surface area contributed by atoms with Crippen LogP contribution in [0.15, 0.2) is 58.4 Å². The Hall–Kier alpha value is -3.48. The van der Waals surface area contributed by atoms with Crippen LogP contribution >= 0.6 is 0 Å². The number of fused-ring (bicyclic) bond motifs is 1. The summed E-state index contributed by atoms with van der Waals surface area (Å²) in [6.45, 7) is 2.44. The maximum atomic E-state index is 13.2. The van der Waals surface area contributed by atoms with Crippen LogP contribution in [-0.4, -0.2) is 21.8 Å². The van der Waals surface area contributed by atoms with Gasteiger partial charge in [-0.3, -0.25) is 9.59 Å². The Balaban J connectivity index is 1.97. The van der Waals surface area contributed by atoms with Gasteiger partial charge >= 0.3 is 0 Å². The fourth-order valence-corrected chi connectivity index (χ4v) is 2.94. The molecule has 0 aliphatic heterocycles. The molecule has 2 aromatic carbocycles. The van der Waals surface area contributed by atoms with Crippen LogP contribution < -0.4 is 11.0 Å². The molecule has 0 bridgehead atoms. The van der Waals surface area contributed by atoms with E-state index < -0.39 is 17.3 Å². The third-order valence-electron chi connectivity index (χ3n) is 4.34. The number of nitrogens with zero attached hydrogens (tertiary/aromatic N) is 2. The quantitative estimate of drug-likeness (QED) is 0.507. The Morgan fingerprint density at radius 1 is 1.25 bits per heavy atom. The zero-order chi connectivity index (χ0) is 20.1. The van der Waals surface area contributed by atoms with Gasteiger partial charge in [-0.15, -0.1) is 0 Å². The standard InChI is InChI=1S/C21H20FN3O3/c1-2-3-11-25-17-10-5-4-9-16(17)19(26)18(21(25)28)20(27)24-23-13-14-7-6-8-15(22)12-14/h4-10,12-13,26H,2-3,11H2,1H3,(H,24,27)/b23-13+. The van der Waals surface area contributed by atoms with E-state index in [0.717, 1.165) is 12.8 Å². The second kappa shape index (κ2) is 8.47. The van der Waals surface area contributed by atoms with Crippen molar-refractivity contribution < 1.29 is 14.3 Å². The fourth-order valence-electron chi connectivity index (χ4n) is 2.94. The fraction of sp³-hybridized carbons (Fsp3) is 0.190. The zero-order valence-electron chi connectivity index (χ0n) is 15.4. The van der Waals surface area contributed by atoms with Gasteiger partial charge in [0.2, 0.25) is 0 Å². The summed E-state index contributed by atoms with van der Waals surface area (Å²) in [7, 11) is 0. The van der Waals surface area contributed by atoms with Gasteiger partial charge in [-0.25, -0.2) is 9.82 Å². The number of unbranched alkanes of at least 4 members (excludes halogenated alkanes) is 1. The van der Waals surface area contributed by atoms with Crippen molar-refractivity contribution in [3.8, 4) is 5.75 Å². The smallest absolute Gasteiger partial charge is 0.280 e. The number of nitrogens with one attached hydrogen (secondary N) is 1. The van der Waals surface area contributed by atoms with Crippen LogP contribution in [0.1, 0.15) is 35.7 Å². The largest absolute Gasteiger partial charge is 0.506 e. The molecule has 1 heterocycles. The number of aromatic hydroxyl groups is 1. The molecule has 6 nitrogen and oxygen atoms in total. The number of aryl methyl sites for hydroxylation is 1. The van der Waals surface area contributed by atoms with E-state index in [0.29, 0.717) is 23.0 Å². The first-order valence-corrected chi connectivity index (χ1v) is 8.96. The summed E-state index contributed by atoms with van der Waals surface area (Å²) < 4.78 is 14.7. The summed E-state index contributed by atoms with van der Waals surface area (Å²) >= 11 is 0. The van der Waals surface area contributed by atoms with Crippen LogP contribution in [0.4, 0.5) is 4.39 Å². The number of halogens is 1. The van der Waals surface area contributed by atoms with E-state index in [9.17, 15) is 19.1 Å². The molecule has 3 rings (SSSR count). The molecule has 1 amide bonds. The number of pyridine rings is 1. The Bertz CT molecular complexity index is 1110. The second-order valence-electron chi connectivity index (χ2n) is 6.31. The van der Waals surface area contributed by atoms with E-state index in [1.54, 1.807) is 30.3 Å². The van der Waals surface area contributed by atoms with Gasteiger partial charge in [0.05, 0.1) is 11.7 Å². The number of carbonyl (C=O) groups excluding carboxylic acids is 1. The first-order chi connectivity index (χ1) is 13.5. The molecule has 2 N–H and O–H groups in total. The van der Waals surface area contributed by atoms with Crippen molar-refractivity contribution in [3.63, 3.8) is 0 Å². The van der Waals surface area contributed by atoms with Crippen molar-refractivity contribution in [1.29, 1.82) is 0 Å². The van der Waals surface area contributed by atoms with Gasteiger partial charge in [0.1, 0.15) is 17.1 Å². The van der Waals surface area contributed by atoms with Gasteiger partial charge in [0.25, 0.3) is 11.5 Å². The minimum absolute atomic E-state index is 0.369. The molecule has 3 aromatic rings. The molecule has 28 heavy (non-hydrogen) atoms. The van der Waals surface area contributed by atoms with Crippen molar-refractivity contribution in [2.24, 2.45) is 5.10 Å². The van der Waals surface area contributed by atoms with E-state index in [2.05, 4.69) is 10.5 Å². The van der Waals surface area contributed by atoms with Gasteiger partial charge in [-0.1, -0.05) is 37.6 Å². The number of hydrogen-bond donors (Lipinski definition) is 2. The number of hydrazone groups is 1. The Kier molecular flexibility index (Phi) is 5.84. The first-order valence-electron chi connectivity index (χ1n) is 8.96. The molecule has 1 aromatic heterocycles. The third-order valence-corrected chi connectivity index (χ3v) is 4.34. The highest BCUT2D eigenvalue weighted by molar-refractivity contribution is 6.02. The number of aromatic nitrogens is 1. The van der Waals surface area contributed by atoms with Crippen molar-refractivity contribution in [3.05, 3.63) is 75.8 Å². The lowest BCUT2D eigenvalue weighted by Gasteiger charge is -2.14. The summed E-state index contributed by atoms with van der Waals surface area (Å²) in [5.74, 6) is -1.64. The van der Waals surface area contributed by atoms with Gasteiger partial charge in [-0.05, 0) is 36.2 Å². The van der Waals surface area contributed by atoms with E-state index in [-0.39, 0.29) is 11.3 Å². The number of rotatable bonds is 6. The van der Waals surface area contributed by atoms with E-state index >= 15 is 0 Å². The maximum Gasteiger partial charge on any atom is 0.280 e. The first kappa shape index (κ1) is 19.3. The van der Waals surface area contributed by atoms with Crippen LogP contribution in [0.3, 0.4) is 0 Å². The van der Waals surface area contributed by atoms with Crippen LogP contribution in [-0.2, 0) is 6.54 Å². The molecule has 0 saturated carbocycles. The summed E-state index contributed by atoms with van der Waals surface area (Å²) in [6.07, 6.45) is 2.89. The van der Waals surface area contributed by atoms with Gasteiger partial charge < -0.3 is 9.67 Å². The molecule has 7 heteroatoms. The lowest BCUT2D eigenvalue weighted by molar-refractivity contribution is 0.0950. The lowest BCUT2D eigenvalue weighted by atomic mass is 10.1. The molecular weight excluding hydrogens is 361 g/mol. The number of benzene rings is 2. The molecule has 0 aliphatic carbocycles. The van der Waals surface area contributed by atoms with Crippen molar-refractivity contribution in [2.75, 3.05) is 0 Å². The lowest BCUT2D eigenvalue weighted by Crippen LogP contribution is -2.31. The minimum Gasteiger partial charge on any atom is -0.506 e. The molecule has 0 atom stereocenters. The summed E-state index contributed by atoms with van der Waals surface area (Å²) in [5.41, 5.74) is 2.30.